The van der Waals surface area contributed by atoms with Gasteiger partial charge >= 0.3 is 5.97 Å². The Morgan fingerprint density at radius 3 is 2.19 bits per heavy atom. The van der Waals surface area contributed by atoms with Gasteiger partial charge in [0, 0.05) is 12.6 Å². The van der Waals surface area contributed by atoms with Crippen molar-refractivity contribution in [2.75, 3.05) is 13.1 Å². The summed E-state index contributed by atoms with van der Waals surface area (Å²) in [6.07, 6.45) is 0.907. The summed E-state index contributed by atoms with van der Waals surface area (Å²) in [6.45, 7) is 11.3. The summed E-state index contributed by atoms with van der Waals surface area (Å²) in [4.78, 5) is 13.8. The molecule has 2 atom stereocenters. The molecule has 0 saturated heterocycles. The quantitative estimate of drug-likeness (QED) is 0.734. The Hall–Kier alpha value is -1.39. The summed E-state index contributed by atoms with van der Waals surface area (Å²) in [5.41, 5.74) is 2.03. The Labute approximate surface area is 128 Å². The highest BCUT2D eigenvalue weighted by molar-refractivity contribution is 5.75. The van der Waals surface area contributed by atoms with Gasteiger partial charge in [0.05, 0.1) is 0 Å². The first-order valence-corrected chi connectivity index (χ1v) is 7.81. The second-order valence-corrected chi connectivity index (χ2v) is 5.45. The van der Waals surface area contributed by atoms with Crippen molar-refractivity contribution in [1.82, 2.24) is 10.2 Å². The summed E-state index contributed by atoms with van der Waals surface area (Å²) >= 11 is 0. The van der Waals surface area contributed by atoms with Crippen LogP contribution in [0.15, 0.2) is 24.3 Å². The molecule has 1 aromatic carbocycles. The third-order valence-electron chi connectivity index (χ3n) is 3.92. The second-order valence-electron chi connectivity index (χ2n) is 5.45. The van der Waals surface area contributed by atoms with Crippen molar-refractivity contribution < 1.29 is 9.90 Å². The average molecular weight is 292 g/mol. The summed E-state index contributed by atoms with van der Waals surface area (Å²) in [6, 6.07) is 7.45. The molecule has 0 saturated carbocycles. The highest BCUT2D eigenvalue weighted by Crippen LogP contribution is 2.16. The number of hydrogen-bond acceptors (Lipinski definition) is 3. The fourth-order valence-electron chi connectivity index (χ4n) is 2.23. The van der Waals surface area contributed by atoms with Crippen LogP contribution >= 0.6 is 0 Å². The molecule has 4 nitrogen and oxygen atoms in total. The summed E-state index contributed by atoms with van der Waals surface area (Å²) in [5.74, 6) is -0.827. The maximum Gasteiger partial charge on any atom is 0.325 e. The number of carbonyl (C=O) groups is 1. The van der Waals surface area contributed by atoms with E-state index in [1.165, 1.54) is 5.56 Å². The van der Waals surface area contributed by atoms with Crippen LogP contribution in [0.3, 0.4) is 0 Å². The zero-order valence-electron chi connectivity index (χ0n) is 13.6. The minimum Gasteiger partial charge on any atom is -0.480 e. The molecule has 0 aliphatic rings. The largest absolute Gasteiger partial charge is 0.480 e. The van der Waals surface area contributed by atoms with Gasteiger partial charge in [-0.15, -0.1) is 0 Å². The summed E-state index contributed by atoms with van der Waals surface area (Å²) in [5, 5.41) is 12.5. The highest BCUT2D eigenvalue weighted by Gasteiger charge is 2.20. The Kier molecular flexibility index (Phi) is 7.40. The van der Waals surface area contributed by atoms with Crippen LogP contribution in [-0.4, -0.2) is 35.1 Å². The molecule has 0 aromatic heterocycles. The normalized spacial score (nSPS) is 14.1. The Balaban J connectivity index is 2.80. The van der Waals surface area contributed by atoms with E-state index in [0.29, 0.717) is 0 Å². The van der Waals surface area contributed by atoms with Crippen LogP contribution in [0.5, 0.6) is 0 Å². The Morgan fingerprint density at radius 2 is 1.76 bits per heavy atom. The molecule has 21 heavy (non-hydrogen) atoms. The van der Waals surface area contributed by atoms with Gasteiger partial charge in [0.25, 0.3) is 0 Å². The summed E-state index contributed by atoms with van der Waals surface area (Å²) in [7, 11) is 0. The van der Waals surface area contributed by atoms with Gasteiger partial charge in [-0.2, -0.15) is 0 Å². The lowest BCUT2D eigenvalue weighted by Gasteiger charge is -2.21. The number of hydrogen-bond donors (Lipinski definition) is 2. The maximum absolute atomic E-state index is 11.4. The van der Waals surface area contributed by atoms with Gasteiger partial charge in [0.1, 0.15) is 6.04 Å². The maximum atomic E-state index is 11.4. The topological polar surface area (TPSA) is 52.6 Å². The van der Waals surface area contributed by atoms with Crippen molar-refractivity contribution >= 4 is 5.97 Å². The van der Waals surface area contributed by atoms with E-state index in [4.69, 9.17) is 0 Å². The smallest absolute Gasteiger partial charge is 0.325 e. The van der Waals surface area contributed by atoms with E-state index in [9.17, 15) is 9.90 Å². The molecule has 1 aromatic rings. The minimum atomic E-state index is -0.827. The number of carboxylic acids is 1. The van der Waals surface area contributed by atoms with Gasteiger partial charge in [0.15, 0.2) is 0 Å². The molecule has 118 valence electrons. The third-order valence-corrected chi connectivity index (χ3v) is 3.92. The number of carboxylic acid groups (broad SMARTS) is 1. The van der Waals surface area contributed by atoms with Crippen LogP contribution in [0.25, 0.3) is 0 Å². The van der Waals surface area contributed by atoms with Gasteiger partial charge in [-0.1, -0.05) is 45.0 Å². The molecule has 0 fully saturated rings. The van der Waals surface area contributed by atoms with Crippen molar-refractivity contribution in [1.29, 1.82) is 0 Å². The van der Waals surface area contributed by atoms with Crippen molar-refractivity contribution in [2.45, 2.75) is 52.7 Å². The van der Waals surface area contributed by atoms with E-state index in [-0.39, 0.29) is 6.04 Å². The molecule has 0 amide bonds. The molecular formula is C17H28N2O2. The van der Waals surface area contributed by atoms with Crippen molar-refractivity contribution in [3.8, 4) is 0 Å². The SMILES string of the molecule is CCC(C)NC(C(=O)O)c1ccc(CN(CC)CC)cc1. The first-order valence-electron chi connectivity index (χ1n) is 7.81. The van der Waals surface area contributed by atoms with Gasteiger partial charge in [-0.05, 0) is 37.6 Å². The van der Waals surface area contributed by atoms with Crippen molar-refractivity contribution in [2.24, 2.45) is 0 Å². The molecule has 2 N–H and O–H groups in total. The minimum absolute atomic E-state index is 0.182. The molecule has 0 radical (unpaired) electrons. The number of rotatable bonds is 9. The zero-order chi connectivity index (χ0) is 15.8. The standard InChI is InChI=1S/C17H28N2O2/c1-5-13(4)18-16(17(20)21)15-10-8-14(9-11-15)12-19(6-2)7-3/h8-11,13,16,18H,5-7,12H2,1-4H3,(H,20,21). The van der Waals surface area contributed by atoms with Crippen molar-refractivity contribution in [3.05, 3.63) is 35.4 Å². The third kappa shape index (κ3) is 5.48. The first kappa shape index (κ1) is 17.7. The van der Waals surface area contributed by atoms with Crippen LogP contribution in [0.4, 0.5) is 0 Å². The lowest BCUT2D eigenvalue weighted by atomic mass is 10.0. The molecule has 0 aliphatic heterocycles. The predicted octanol–water partition coefficient (Wildman–Crippen LogP) is 3.04. The lowest BCUT2D eigenvalue weighted by molar-refractivity contribution is -0.139. The average Bonchev–Trinajstić information content (AvgIpc) is 2.50. The number of nitrogens with one attached hydrogen (secondary N) is 1. The fraction of sp³-hybridized carbons (Fsp3) is 0.588. The number of aliphatic carboxylic acids is 1. The molecule has 4 heteroatoms. The predicted molar refractivity (Wildman–Crippen MR) is 86.3 cm³/mol. The summed E-state index contributed by atoms with van der Waals surface area (Å²) < 4.78 is 0. The van der Waals surface area contributed by atoms with Gasteiger partial charge < -0.3 is 5.11 Å². The van der Waals surface area contributed by atoms with E-state index in [0.717, 1.165) is 31.6 Å². The van der Waals surface area contributed by atoms with Crippen molar-refractivity contribution in [3.63, 3.8) is 0 Å². The van der Waals surface area contributed by atoms with Crippen LogP contribution in [0, 0.1) is 0 Å². The molecule has 0 aliphatic carbocycles. The van der Waals surface area contributed by atoms with Crippen LogP contribution in [0.2, 0.25) is 0 Å². The first-order chi connectivity index (χ1) is 10.0. The van der Waals surface area contributed by atoms with Crippen LogP contribution in [0.1, 0.15) is 51.3 Å². The van der Waals surface area contributed by atoms with E-state index >= 15 is 0 Å². The lowest BCUT2D eigenvalue weighted by Crippen LogP contribution is -2.34. The van der Waals surface area contributed by atoms with Gasteiger partial charge in [-0.25, -0.2) is 0 Å². The molecule has 0 heterocycles. The van der Waals surface area contributed by atoms with E-state index in [1.54, 1.807) is 0 Å². The molecular weight excluding hydrogens is 264 g/mol. The van der Waals surface area contributed by atoms with Gasteiger partial charge in [0.2, 0.25) is 0 Å². The Morgan fingerprint density at radius 1 is 1.19 bits per heavy atom. The molecule has 0 bridgehead atoms. The van der Waals surface area contributed by atoms with Gasteiger partial charge in [-0.3, -0.25) is 15.0 Å². The highest BCUT2D eigenvalue weighted by atomic mass is 16.4. The van der Waals surface area contributed by atoms with E-state index < -0.39 is 12.0 Å². The monoisotopic (exact) mass is 292 g/mol. The molecule has 2 unspecified atom stereocenters. The van der Waals surface area contributed by atoms with E-state index in [1.807, 2.05) is 38.1 Å². The fourth-order valence-corrected chi connectivity index (χ4v) is 2.23. The second kappa shape index (κ2) is 8.80. The Bertz CT molecular complexity index is 427. The molecule has 1 rings (SSSR count). The number of benzene rings is 1. The van der Waals surface area contributed by atoms with Crippen LogP contribution in [-0.2, 0) is 11.3 Å². The van der Waals surface area contributed by atoms with Crippen LogP contribution < -0.4 is 5.32 Å². The zero-order valence-corrected chi connectivity index (χ0v) is 13.6. The molecule has 0 spiro atoms. The van der Waals surface area contributed by atoms with E-state index in [2.05, 4.69) is 24.1 Å². The number of nitrogens with zero attached hydrogens (tertiary/aromatic N) is 1.